The Morgan fingerprint density at radius 2 is 2.26 bits per heavy atom. The Balaban J connectivity index is 2.16. The summed E-state index contributed by atoms with van der Waals surface area (Å²) in [6.45, 7) is 4.58. The molecule has 1 aromatic heterocycles. The second-order valence-electron chi connectivity index (χ2n) is 4.66. The van der Waals surface area contributed by atoms with Crippen LogP contribution >= 0.6 is 0 Å². The number of amides is 1. The fourth-order valence-electron chi connectivity index (χ4n) is 2.33. The number of rotatable bonds is 3. The summed E-state index contributed by atoms with van der Waals surface area (Å²) in [6, 6.07) is 1.34. The maximum absolute atomic E-state index is 12.4. The van der Waals surface area contributed by atoms with Crippen LogP contribution in [0, 0.1) is 6.92 Å². The van der Waals surface area contributed by atoms with Crippen LogP contribution in [0.3, 0.4) is 0 Å². The second-order valence-corrected chi connectivity index (χ2v) is 4.66. The fraction of sp³-hybridized carbons (Fsp3) is 0.500. The van der Waals surface area contributed by atoms with Gasteiger partial charge < -0.3 is 9.64 Å². The molecule has 19 heavy (non-hydrogen) atoms. The van der Waals surface area contributed by atoms with Crippen molar-refractivity contribution in [2.75, 3.05) is 13.2 Å². The molecule has 0 radical (unpaired) electrons. The molecule has 2 rings (SSSR count). The fourth-order valence-corrected chi connectivity index (χ4v) is 2.33. The highest BCUT2D eigenvalue weighted by Crippen LogP contribution is 2.21. The van der Waals surface area contributed by atoms with Crippen molar-refractivity contribution in [3.63, 3.8) is 0 Å². The number of carbonyl (C=O) groups is 2. The van der Waals surface area contributed by atoms with E-state index in [1.807, 2.05) is 6.92 Å². The Bertz CT molecular complexity index is 487. The van der Waals surface area contributed by atoms with E-state index in [1.54, 1.807) is 24.1 Å². The number of esters is 1. The zero-order valence-electron chi connectivity index (χ0n) is 11.3. The molecule has 1 saturated heterocycles. The predicted octanol–water partition coefficient (Wildman–Crippen LogP) is 1.56. The van der Waals surface area contributed by atoms with E-state index in [2.05, 4.69) is 4.98 Å². The summed E-state index contributed by atoms with van der Waals surface area (Å²) >= 11 is 0. The molecule has 0 spiro atoms. The lowest BCUT2D eigenvalue weighted by Crippen LogP contribution is -2.41. The average molecular weight is 262 g/mol. The van der Waals surface area contributed by atoms with Gasteiger partial charge in [0, 0.05) is 18.9 Å². The third kappa shape index (κ3) is 2.92. The molecule has 0 aromatic carbocycles. The Hall–Kier alpha value is -1.91. The number of hydrogen-bond acceptors (Lipinski definition) is 4. The number of likely N-dealkylation sites (tertiary alicyclic amines) is 1. The Morgan fingerprint density at radius 1 is 1.47 bits per heavy atom. The molecule has 1 unspecified atom stereocenters. The van der Waals surface area contributed by atoms with Crippen molar-refractivity contribution in [1.29, 1.82) is 0 Å². The van der Waals surface area contributed by atoms with Gasteiger partial charge in [0.05, 0.1) is 12.2 Å². The number of aromatic nitrogens is 1. The van der Waals surface area contributed by atoms with Gasteiger partial charge in [0.15, 0.2) is 0 Å². The summed E-state index contributed by atoms with van der Waals surface area (Å²) in [5.74, 6) is -0.458. The van der Waals surface area contributed by atoms with E-state index in [0.29, 0.717) is 25.1 Å². The van der Waals surface area contributed by atoms with Crippen LogP contribution in [0.2, 0.25) is 0 Å². The maximum atomic E-state index is 12.4. The van der Waals surface area contributed by atoms with Gasteiger partial charge in [0.1, 0.15) is 6.04 Å². The number of hydrogen-bond donors (Lipinski definition) is 0. The third-order valence-corrected chi connectivity index (χ3v) is 3.19. The van der Waals surface area contributed by atoms with Crippen LogP contribution in [0.25, 0.3) is 0 Å². The second kappa shape index (κ2) is 5.82. The van der Waals surface area contributed by atoms with Crippen molar-refractivity contribution >= 4 is 11.9 Å². The Kier molecular flexibility index (Phi) is 4.14. The summed E-state index contributed by atoms with van der Waals surface area (Å²) in [5.41, 5.74) is 1.45. The molecule has 0 N–H and O–H groups in total. The molecular weight excluding hydrogens is 244 g/mol. The SMILES string of the molecule is CCOC(=O)C1CCCN1C(=O)c1cncc(C)c1. The zero-order chi connectivity index (χ0) is 13.8. The van der Waals surface area contributed by atoms with E-state index in [0.717, 1.165) is 12.0 Å². The summed E-state index contributed by atoms with van der Waals surface area (Å²) < 4.78 is 5.02. The molecular formula is C14H18N2O3. The first-order valence-corrected chi connectivity index (χ1v) is 6.52. The average Bonchev–Trinajstić information content (AvgIpc) is 2.87. The molecule has 1 atom stereocenters. The number of carbonyl (C=O) groups excluding carboxylic acids is 2. The van der Waals surface area contributed by atoms with Gasteiger partial charge >= 0.3 is 5.97 Å². The minimum Gasteiger partial charge on any atom is -0.464 e. The van der Waals surface area contributed by atoms with Crippen LogP contribution in [0.5, 0.6) is 0 Å². The molecule has 0 bridgehead atoms. The van der Waals surface area contributed by atoms with Crippen molar-refractivity contribution in [3.8, 4) is 0 Å². The van der Waals surface area contributed by atoms with Crippen LogP contribution in [-0.2, 0) is 9.53 Å². The van der Waals surface area contributed by atoms with Gasteiger partial charge in [0.2, 0.25) is 0 Å². The van der Waals surface area contributed by atoms with Gasteiger partial charge in [-0.25, -0.2) is 4.79 Å². The Morgan fingerprint density at radius 3 is 2.95 bits per heavy atom. The lowest BCUT2D eigenvalue weighted by atomic mass is 10.1. The van der Waals surface area contributed by atoms with Gasteiger partial charge in [-0.15, -0.1) is 0 Å². The molecule has 102 valence electrons. The normalized spacial score (nSPS) is 18.4. The number of pyridine rings is 1. The molecule has 1 amide bonds. The minimum absolute atomic E-state index is 0.147. The molecule has 5 heteroatoms. The molecule has 1 aliphatic heterocycles. The van der Waals surface area contributed by atoms with Gasteiger partial charge in [-0.2, -0.15) is 0 Å². The highest BCUT2D eigenvalue weighted by molar-refractivity contribution is 5.97. The molecule has 0 saturated carbocycles. The van der Waals surface area contributed by atoms with Crippen molar-refractivity contribution < 1.29 is 14.3 Å². The van der Waals surface area contributed by atoms with Crippen LogP contribution < -0.4 is 0 Å². The largest absolute Gasteiger partial charge is 0.464 e. The van der Waals surface area contributed by atoms with Gasteiger partial charge in [-0.3, -0.25) is 9.78 Å². The third-order valence-electron chi connectivity index (χ3n) is 3.19. The van der Waals surface area contributed by atoms with E-state index in [4.69, 9.17) is 4.74 Å². The lowest BCUT2D eigenvalue weighted by Gasteiger charge is -2.23. The van der Waals surface area contributed by atoms with Crippen LogP contribution in [0.1, 0.15) is 35.7 Å². The molecule has 1 aliphatic rings. The van der Waals surface area contributed by atoms with Crippen LogP contribution in [0.4, 0.5) is 0 Å². The van der Waals surface area contributed by atoms with Crippen molar-refractivity contribution in [2.45, 2.75) is 32.7 Å². The zero-order valence-corrected chi connectivity index (χ0v) is 11.3. The molecule has 1 fully saturated rings. The smallest absolute Gasteiger partial charge is 0.328 e. The quantitative estimate of drug-likeness (QED) is 0.776. The predicted molar refractivity (Wildman–Crippen MR) is 69.7 cm³/mol. The number of nitrogens with zero attached hydrogens (tertiary/aromatic N) is 2. The topological polar surface area (TPSA) is 59.5 Å². The standard InChI is InChI=1S/C14H18N2O3/c1-3-19-14(18)12-5-4-6-16(12)13(17)11-7-10(2)8-15-9-11/h7-9,12H,3-6H2,1-2H3. The molecule has 0 aliphatic carbocycles. The summed E-state index contributed by atoms with van der Waals surface area (Å²) in [6.07, 6.45) is 4.73. The monoisotopic (exact) mass is 262 g/mol. The van der Waals surface area contributed by atoms with E-state index < -0.39 is 6.04 Å². The molecule has 1 aromatic rings. The number of ether oxygens (including phenoxy) is 1. The van der Waals surface area contributed by atoms with E-state index in [9.17, 15) is 9.59 Å². The van der Waals surface area contributed by atoms with E-state index in [-0.39, 0.29) is 11.9 Å². The molecule has 5 nitrogen and oxygen atoms in total. The Labute approximate surface area is 112 Å². The summed E-state index contributed by atoms with van der Waals surface area (Å²) in [4.78, 5) is 29.8. The van der Waals surface area contributed by atoms with Crippen LogP contribution in [-0.4, -0.2) is 41.0 Å². The van der Waals surface area contributed by atoms with Crippen molar-refractivity contribution in [1.82, 2.24) is 9.88 Å². The van der Waals surface area contributed by atoms with Gasteiger partial charge in [-0.1, -0.05) is 0 Å². The van der Waals surface area contributed by atoms with Crippen molar-refractivity contribution in [2.24, 2.45) is 0 Å². The van der Waals surface area contributed by atoms with Crippen molar-refractivity contribution in [3.05, 3.63) is 29.6 Å². The number of aryl methyl sites for hydroxylation is 1. The van der Waals surface area contributed by atoms with Gasteiger partial charge in [0.25, 0.3) is 5.91 Å². The summed E-state index contributed by atoms with van der Waals surface area (Å²) in [7, 11) is 0. The van der Waals surface area contributed by atoms with Crippen LogP contribution in [0.15, 0.2) is 18.5 Å². The highest BCUT2D eigenvalue weighted by Gasteiger charge is 2.35. The van der Waals surface area contributed by atoms with Gasteiger partial charge in [-0.05, 0) is 38.3 Å². The maximum Gasteiger partial charge on any atom is 0.328 e. The minimum atomic E-state index is -0.451. The first-order valence-electron chi connectivity index (χ1n) is 6.52. The van der Waals surface area contributed by atoms with E-state index >= 15 is 0 Å². The highest BCUT2D eigenvalue weighted by atomic mass is 16.5. The lowest BCUT2D eigenvalue weighted by molar-refractivity contribution is -0.147. The van der Waals surface area contributed by atoms with E-state index in [1.165, 1.54) is 6.20 Å². The summed E-state index contributed by atoms with van der Waals surface area (Å²) in [5, 5.41) is 0. The first kappa shape index (κ1) is 13.5. The first-order chi connectivity index (χ1) is 9.13. The molecule has 2 heterocycles.